The molecule has 1 aliphatic carbocycles. The second-order valence-corrected chi connectivity index (χ2v) is 7.16. The Morgan fingerprint density at radius 2 is 1.89 bits per heavy atom. The van der Waals surface area contributed by atoms with Crippen molar-refractivity contribution in [3.63, 3.8) is 0 Å². The van der Waals surface area contributed by atoms with Crippen LogP contribution in [-0.2, 0) is 5.41 Å². The van der Waals surface area contributed by atoms with Gasteiger partial charge in [0.05, 0.1) is 18.6 Å². The van der Waals surface area contributed by atoms with Crippen LogP contribution in [0.5, 0.6) is 5.75 Å². The number of ether oxygens (including phenoxy) is 1. The number of carbonyl (C=O) groups excluding carboxylic acids is 1. The Labute approximate surface area is 160 Å². The maximum absolute atomic E-state index is 12.7. The number of rotatable bonds is 5. The van der Waals surface area contributed by atoms with E-state index in [2.05, 4.69) is 21.0 Å². The lowest BCUT2D eigenvalue weighted by Gasteiger charge is -2.09. The van der Waals surface area contributed by atoms with Gasteiger partial charge in [-0.05, 0) is 66.3 Å². The minimum atomic E-state index is -0.328. The third kappa shape index (κ3) is 3.27. The zero-order chi connectivity index (χ0) is 18.9. The average molecular weight is 376 g/mol. The number of nitriles is 1. The van der Waals surface area contributed by atoms with Gasteiger partial charge in [0, 0.05) is 11.3 Å². The Kier molecular flexibility index (Phi) is 4.34. The van der Waals surface area contributed by atoms with Crippen LogP contribution in [0.25, 0.3) is 11.3 Å². The summed E-state index contributed by atoms with van der Waals surface area (Å²) in [7, 11) is 1.60. The molecular weight excluding hydrogens is 360 g/mol. The smallest absolute Gasteiger partial charge is 0.269 e. The highest BCUT2D eigenvalue weighted by atomic mass is 32.1. The Bertz CT molecular complexity index is 1020. The zero-order valence-corrected chi connectivity index (χ0v) is 15.4. The molecule has 7 heteroatoms. The summed E-state index contributed by atoms with van der Waals surface area (Å²) in [6, 6.07) is 17.2. The average Bonchev–Trinajstić information content (AvgIpc) is 3.36. The molecule has 0 atom stereocenters. The minimum Gasteiger partial charge on any atom is -0.497 e. The Morgan fingerprint density at radius 3 is 2.48 bits per heavy atom. The van der Waals surface area contributed by atoms with Crippen molar-refractivity contribution in [1.82, 2.24) is 9.59 Å². The van der Waals surface area contributed by atoms with Crippen LogP contribution in [0.3, 0.4) is 0 Å². The summed E-state index contributed by atoms with van der Waals surface area (Å²) < 4.78 is 9.09. The molecule has 1 heterocycles. The van der Waals surface area contributed by atoms with Crippen LogP contribution in [0.2, 0.25) is 0 Å². The van der Waals surface area contributed by atoms with Gasteiger partial charge < -0.3 is 10.1 Å². The fraction of sp³-hybridized carbons (Fsp3) is 0.200. The van der Waals surface area contributed by atoms with E-state index >= 15 is 0 Å². The lowest BCUT2D eigenvalue weighted by Crippen LogP contribution is -2.12. The second-order valence-electron chi connectivity index (χ2n) is 6.40. The van der Waals surface area contributed by atoms with Gasteiger partial charge in [0.15, 0.2) is 0 Å². The van der Waals surface area contributed by atoms with Gasteiger partial charge >= 0.3 is 0 Å². The lowest BCUT2D eigenvalue weighted by molar-refractivity contribution is 0.103. The van der Waals surface area contributed by atoms with Gasteiger partial charge in [-0.25, -0.2) is 0 Å². The van der Waals surface area contributed by atoms with E-state index in [4.69, 9.17) is 4.74 Å². The fourth-order valence-corrected chi connectivity index (χ4v) is 3.51. The van der Waals surface area contributed by atoms with Gasteiger partial charge in [-0.2, -0.15) is 5.26 Å². The van der Waals surface area contributed by atoms with Crippen molar-refractivity contribution >= 4 is 23.1 Å². The highest BCUT2D eigenvalue weighted by Crippen LogP contribution is 2.47. The van der Waals surface area contributed by atoms with E-state index in [0.717, 1.165) is 41.3 Å². The maximum atomic E-state index is 12.7. The predicted octanol–water partition coefficient (Wildman–Crippen LogP) is 4.02. The molecule has 1 aromatic heterocycles. The van der Waals surface area contributed by atoms with Crippen molar-refractivity contribution < 1.29 is 9.53 Å². The van der Waals surface area contributed by atoms with E-state index in [9.17, 15) is 10.1 Å². The molecule has 134 valence electrons. The van der Waals surface area contributed by atoms with Gasteiger partial charge in [0.25, 0.3) is 5.91 Å². The molecule has 1 N–H and O–H groups in total. The molecule has 6 nitrogen and oxygen atoms in total. The van der Waals surface area contributed by atoms with Crippen LogP contribution in [0.4, 0.5) is 5.69 Å². The third-order valence-corrected chi connectivity index (χ3v) is 5.44. The standard InChI is InChI=1S/C20H16N4O2S/c1-26-16-8-2-13(3-9-16)17-18(27-24-23-17)19(25)22-15-6-4-14(5-7-15)20(12-21)10-11-20/h2-9H,10-11H2,1H3,(H,22,25). The first kappa shape index (κ1) is 17.2. The molecular formula is C20H16N4O2S. The number of nitrogens with one attached hydrogen (secondary N) is 1. The van der Waals surface area contributed by atoms with E-state index < -0.39 is 0 Å². The van der Waals surface area contributed by atoms with Gasteiger partial charge in [0.2, 0.25) is 0 Å². The number of aromatic nitrogens is 2. The van der Waals surface area contributed by atoms with Crippen molar-refractivity contribution in [3.8, 4) is 23.1 Å². The van der Waals surface area contributed by atoms with Crippen LogP contribution >= 0.6 is 11.5 Å². The quantitative estimate of drug-likeness (QED) is 0.726. The molecule has 0 radical (unpaired) electrons. The first-order valence-corrected chi connectivity index (χ1v) is 9.22. The minimum absolute atomic E-state index is 0.259. The molecule has 2 aromatic carbocycles. The van der Waals surface area contributed by atoms with Gasteiger partial charge in [-0.15, -0.1) is 5.10 Å². The molecule has 0 unspecified atom stereocenters. The lowest BCUT2D eigenvalue weighted by atomic mass is 9.98. The van der Waals surface area contributed by atoms with Crippen molar-refractivity contribution in [2.75, 3.05) is 12.4 Å². The summed E-state index contributed by atoms with van der Waals surface area (Å²) in [5.41, 5.74) is 2.69. The van der Waals surface area contributed by atoms with Crippen LogP contribution < -0.4 is 10.1 Å². The molecule has 0 bridgehead atoms. The van der Waals surface area contributed by atoms with Crippen molar-refractivity contribution in [1.29, 1.82) is 5.26 Å². The van der Waals surface area contributed by atoms with Gasteiger partial charge in [-0.1, -0.05) is 16.6 Å². The molecule has 1 aliphatic rings. The number of hydrogen-bond acceptors (Lipinski definition) is 6. The van der Waals surface area contributed by atoms with Crippen LogP contribution in [0.1, 0.15) is 28.1 Å². The summed E-state index contributed by atoms with van der Waals surface area (Å²) in [5.74, 6) is 0.476. The summed E-state index contributed by atoms with van der Waals surface area (Å²) in [6.07, 6.45) is 1.79. The SMILES string of the molecule is COc1ccc(-c2nnsc2C(=O)Nc2ccc(C3(C#N)CC3)cc2)cc1. The molecule has 1 fully saturated rings. The summed E-state index contributed by atoms with van der Waals surface area (Å²) in [6.45, 7) is 0. The summed E-state index contributed by atoms with van der Waals surface area (Å²) in [5, 5.41) is 16.3. The molecule has 1 saturated carbocycles. The van der Waals surface area contributed by atoms with E-state index in [1.807, 2.05) is 48.5 Å². The first-order chi connectivity index (χ1) is 13.1. The molecule has 1 amide bonds. The highest BCUT2D eigenvalue weighted by molar-refractivity contribution is 7.08. The number of nitrogens with zero attached hydrogens (tertiary/aromatic N) is 3. The molecule has 27 heavy (non-hydrogen) atoms. The normalized spacial score (nSPS) is 14.2. The fourth-order valence-electron chi connectivity index (χ4n) is 2.93. The van der Waals surface area contributed by atoms with Crippen molar-refractivity contribution in [2.45, 2.75) is 18.3 Å². The topological polar surface area (TPSA) is 87.9 Å². The second kappa shape index (κ2) is 6.82. The van der Waals surface area contributed by atoms with Crippen LogP contribution in [0.15, 0.2) is 48.5 Å². The number of anilines is 1. The van der Waals surface area contributed by atoms with E-state index in [1.165, 1.54) is 0 Å². The maximum Gasteiger partial charge on any atom is 0.269 e. The Balaban J connectivity index is 1.52. The van der Waals surface area contributed by atoms with E-state index in [0.29, 0.717) is 16.3 Å². The predicted molar refractivity (Wildman–Crippen MR) is 103 cm³/mol. The van der Waals surface area contributed by atoms with E-state index in [1.54, 1.807) is 7.11 Å². The van der Waals surface area contributed by atoms with Crippen LogP contribution in [0, 0.1) is 11.3 Å². The van der Waals surface area contributed by atoms with Crippen molar-refractivity contribution in [2.24, 2.45) is 0 Å². The Morgan fingerprint density at radius 1 is 1.19 bits per heavy atom. The molecule has 3 aromatic rings. The van der Waals surface area contributed by atoms with Crippen LogP contribution in [-0.4, -0.2) is 22.6 Å². The number of amides is 1. The summed E-state index contributed by atoms with van der Waals surface area (Å²) in [4.78, 5) is 13.1. The molecule has 4 rings (SSSR count). The number of methoxy groups -OCH3 is 1. The number of carbonyl (C=O) groups is 1. The largest absolute Gasteiger partial charge is 0.497 e. The first-order valence-electron chi connectivity index (χ1n) is 8.45. The third-order valence-electron chi connectivity index (χ3n) is 4.72. The summed E-state index contributed by atoms with van der Waals surface area (Å²) >= 11 is 1.06. The Hall–Kier alpha value is -3.24. The molecule has 0 aliphatic heterocycles. The zero-order valence-electron chi connectivity index (χ0n) is 14.6. The van der Waals surface area contributed by atoms with E-state index in [-0.39, 0.29) is 11.3 Å². The number of hydrogen-bond donors (Lipinski definition) is 1. The highest BCUT2D eigenvalue weighted by Gasteiger charge is 2.44. The monoisotopic (exact) mass is 376 g/mol. The molecule has 0 saturated heterocycles. The van der Waals surface area contributed by atoms with Gasteiger partial charge in [-0.3, -0.25) is 4.79 Å². The number of benzene rings is 2. The van der Waals surface area contributed by atoms with Crippen molar-refractivity contribution in [3.05, 3.63) is 59.0 Å². The molecule has 0 spiro atoms. The van der Waals surface area contributed by atoms with Gasteiger partial charge in [0.1, 0.15) is 16.3 Å².